The minimum absolute atomic E-state index is 0.167. The summed E-state index contributed by atoms with van der Waals surface area (Å²) in [4.78, 5) is 11.7. The molecular formula is C9H11BrO2S. The summed E-state index contributed by atoms with van der Waals surface area (Å²) in [6.07, 6.45) is 0.167. The number of carboxylic acid groups (broad SMARTS) is 1. The topological polar surface area (TPSA) is 37.3 Å². The van der Waals surface area contributed by atoms with Gasteiger partial charge in [-0.3, -0.25) is 4.79 Å². The van der Waals surface area contributed by atoms with Gasteiger partial charge in [0.2, 0.25) is 0 Å². The fourth-order valence-corrected chi connectivity index (χ4v) is 2.63. The molecule has 72 valence electrons. The highest BCUT2D eigenvalue weighted by Gasteiger charge is 2.25. The SMILES string of the molecule is CC(C)(CC(=O)O)c1ccc(Br)s1. The van der Waals surface area contributed by atoms with Crippen LogP contribution in [0.5, 0.6) is 0 Å². The Bertz CT molecular complexity index is 317. The van der Waals surface area contributed by atoms with Gasteiger partial charge in [-0.2, -0.15) is 0 Å². The van der Waals surface area contributed by atoms with Crippen molar-refractivity contribution in [2.45, 2.75) is 25.7 Å². The molecule has 4 heteroatoms. The molecule has 0 bridgehead atoms. The number of hydrogen-bond donors (Lipinski definition) is 1. The molecule has 2 nitrogen and oxygen atoms in total. The molecule has 0 spiro atoms. The summed E-state index contributed by atoms with van der Waals surface area (Å²) in [7, 11) is 0. The van der Waals surface area contributed by atoms with Crippen LogP contribution < -0.4 is 0 Å². The number of aliphatic carboxylic acids is 1. The van der Waals surface area contributed by atoms with Crippen LogP contribution in [0.2, 0.25) is 0 Å². The third kappa shape index (κ3) is 2.81. The highest BCUT2D eigenvalue weighted by molar-refractivity contribution is 9.11. The van der Waals surface area contributed by atoms with E-state index in [9.17, 15) is 4.79 Å². The largest absolute Gasteiger partial charge is 0.481 e. The Morgan fingerprint density at radius 2 is 2.23 bits per heavy atom. The first-order valence-corrected chi connectivity index (χ1v) is 5.50. The lowest BCUT2D eigenvalue weighted by Gasteiger charge is -2.20. The first kappa shape index (κ1) is 10.7. The van der Waals surface area contributed by atoms with Gasteiger partial charge in [0, 0.05) is 10.3 Å². The quantitative estimate of drug-likeness (QED) is 0.908. The van der Waals surface area contributed by atoms with Crippen LogP contribution in [0, 0.1) is 0 Å². The summed E-state index contributed by atoms with van der Waals surface area (Å²) in [6.45, 7) is 3.89. The summed E-state index contributed by atoms with van der Waals surface area (Å²) in [6, 6.07) is 3.92. The fraction of sp³-hybridized carbons (Fsp3) is 0.444. The number of halogens is 1. The van der Waals surface area contributed by atoms with E-state index >= 15 is 0 Å². The first-order chi connectivity index (χ1) is 5.92. The lowest BCUT2D eigenvalue weighted by atomic mass is 9.88. The average Bonchev–Trinajstić information content (AvgIpc) is 2.32. The Hall–Kier alpha value is -0.350. The van der Waals surface area contributed by atoms with Gasteiger partial charge in [-0.05, 0) is 28.1 Å². The van der Waals surface area contributed by atoms with E-state index in [1.807, 2.05) is 26.0 Å². The molecule has 0 atom stereocenters. The van der Waals surface area contributed by atoms with Gasteiger partial charge in [0.1, 0.15) is 0 Å². The van der Waals surface area contributed by atoms with Crippen molar-refractivity contribution in [1.29, 1.82) is 0 Å². The normalized spacial score (nSPS) is 11.6. The van der Waals surface area contributed by atoms with Gasteiger partial charge >= 0.3 is 5.97 Å². The summed E-state index contributed by atoms with van der Waals surface area (Å²) in [5.74, 6) is -0.755. The van der Waals surface area contributed by atoms with Gasteiger partial charge < -0.3 is 5.11 Å². The second-order valence-corrected chi connectivity index (χ2v) is 6.02. The Labute approximate surface area is 89.7 Å². The van der Waals surface area contributed by atoms with Gasteiger partial charge in [-0.15, -0.1) is 11.3 Å². The zero-order valence-electron chi connectivity index (χ0n) is 7.50. The summed E-state index contributed by atoms with van der Waals surface area (Å²) >= 11 is 4.95. The van der Waals surface area contributed by atoms with Gasteiger partial charge in [0.05, 0.1) is 10.2 Å². The molecule has 1 heterocycles. The molecule has 0 aromatic carbocycles. The molecule has 0 saturated carbocycles. The molecule has 0 aliphatic rings. The van der Waals surface area contributed by atoms with Crippen LogP contribution in [0.3, 0.4) is 0 Å². The van der Waals surface area contributed by atoms with Gasteiger partial charge in [0.15, 0.2) is 0 Å². The predicted octanol–water partition coefficient (Wildman–Crippen LogP) is 3.26. The van der Waals surface area contributed by atoms with Crippen LogP contribution in [0.15, 0.2) is 15.9 Å². The standard InChI is InChI=1S/C9H11BrO2S/c1-9(2,5-8(11)12)6-3-4-7(10)13-6/h3-4H,5H2,1-2H3,(H,11,12). The molecule has 1 aromatic heterocycles. The van der Waals surface area contributed by atoms with E-state index in [4.69, 9.17) is 5.11 Å². The van der Waals surface area contributed by atoms with Gasteiger partial charge in [-0.1, -0.05) is 13.8 Å². The zero-order chi connectivity index (χ0) is 10.1. The molecule has 0 fully saturated rings. The van der Waals surface area contributed by atoms with Crippen molar-refractivity contribution in [3.05, 3.63) is 20.8 Å². The number of thiophene rings is 1. The monoisotopic (exact) mass is 262 g/mol. The van der Waals surface area contributed by atoms with Crippen LogP contribution in [0.1, 0.15) is 25.1 Å². The molecule has 0 saturated heterocycles. The smallest absolute Gasteiger partial charge is 0.304 e. The van der Waals surface area contributed by atoms with Crippen LogP contribution in [0.4, 0.5) is 0 Å². The Morgan fingerprint density at radius 1 is 1.62 bits per heavy atom. The molecule has 0 aliphatic carbocycles. The van der Waals surface area contributed by atoms with E-state index in [-0.39, 0.29) is 11.8 Å². The van der Waals surface area contributed by atoms with E-state index < -0.39 is 5.97 Å². The minimum atomic E-state index is -0.755. The van der Waals surface area contributed by atoms with E-state index in [0.717, 1.165) is 8.66 Å². The molecule has 1 rings (SSSR count). The zero-order valence-corrected chi connectivity index (χ0v) is 9.91. The van der Waals surface area contributed by atoms with E-state index in [2.05, 4.69) is 15.9 Å². The Kier molecular flexibility index (Phi) is 3.14. The van der Waals surface area contributed by atoms with Crippen molar-refractivity contribution in [3.63, 3.8) is 0 Å². The van der Waals surface area contributed by atoms with Crippen LogP contribution >= 0.6 is 27.3 Å². The predicted molar refractivity (Wildman–Crippen MR) is 57.3 cm³/mol. The first-order valence-electron chi connectivity index (χ1n) is 3.89. The van der Waals surface area contributed by atoms with Crippen molar-refractivity contribution < 1.29 is 9.90 Å². The van der Waals surface area contributed by atoms with Crippen molar-refractivity contribution in [1.82, 2.24) is 0 Å². The third-order valence-corrected chi connectivity index (χ3v) is 3.82. The maximum atomic E-state index is 10.6. The summed E-state index contributed by atoms with van der Waals surface area (Å²) in [5.41, 5.74) is -0.275. The number of carboxylic acids is 1. The lowest BCUT2D eigenvalue weighted by molar-refractivity contribution is -0.138. The maximum absolute atomic E-state index is 10.6. The van der Waals surface area contributed by atoms with Crippen molar-refractivity contribution in [2.24, 2.45) is 0 Å². The number of hydrogen-bond acceptors (Lipinski definition) is 2. The fourth-order valence-electron chi connectivity index (χ4n) is 1.14. The van der Waals surface area contributed by atoms with Gasteiger partial charge in [-0.25, -0.2) is 0 Å². The van der Waals surface area contributed by atoms with Crippen LogP contribution in [0.25, 0.3) is 0 Å². The Morgan fingerprint density at radius 3 is 2.62 bits per heavy atom. The average molecular weight is 263 g/mol. The lowest BCUT2D eigenvalue weighted by Crippen LogP contribution is -2.20. The molecule has 13 heavy (non-hydrogen) atoms. The summed E-state index contributed by atoms with van der Waals surface area (Å²) < 4.78 is 1.04. The maximum Gasteiger partial charge on any atom is 0.304 e. The van der Waals surface area contributed by atoms with Gasteiger partial charge in [0.25, 0.3) is 0 Å². The van der Waals surface area contributed by atoms with Crippen LogP contribution in [-0.2, 0) is 10.2 Å². The number of carbonyl (C=O) groups is 1. The second kappa shape index (κ2) is 3.80. The molecular weight excluding hydrogens is 252 g/mol. The molecule has 0 aliphatic heterocycles. The third-order valence-electron chi connectivity index (χ3n) is 1.83. The number of rotatable bonds is 3. The summed E-state index contributed by atoms with van der Waals surface area (Å²) in [5, 5.41) is 8.71. The minimum Gasteiger partial charge on any atom is -0.481 e. The highest BCUT2D eigenvalue weighted by atomic mass is 79.9. The van der Waals surface area contributed by atoms with Crippen molar-refractivity contribution in [2.75, 3.05) is 0 Å². The molecule has 1 N–H and O–H groups in total. The van der Waals surface area contributed by atoms with Crippen molar-refractivity contribution >= 4 is 33.2 Å². The van der Waals surface area contributed by atoms with E-state index in [0.29, 0.717) is 0 Å². The molecule has 0 unspecified atom stereocenters. The van der Waals surface area contributed by atoms with Crippen LogP contribution in [-0.4, -0.2) is 11.1 Å². The molecule has 0 radical (unpaired) electrons. The molecule has 1 aromatic rings. The van der Waals surface area contributed by atoms with E-state index in [1.54, 1.807) is 11.3 Å². The Balaban J connectivity index is 2.86. The van der Waals surface area contributed by atoms with Crippen molar-refractivity contribution in [3.8, 4) is 0 Å². The second-order valence-electron chi connectivity index (χ2n) is 3.56. The molecule has 0 amide bonds. The van der Waals surface area contributed by atoms with E-state index in [1.165, 1.54) is 0 Å². The highest BCUT2D eigenvalue weighted by Crippen LogP contribution is 2.34.